The van der Waals surface area contributed by atoms with Crippen molar-refractivity contribution in [3.8, 4) is 0 Å². The molecule has 0 saturated carbocycles. The van der Waals surface area contributed by atoms with Crippen molar-refractivity contribution >= 4 is 15.9 Å². The first-order chi connectivity index (χ1) is 9.82. The molecule has 1 atom stereocenters. The Labute approximate surface area is 129 Å². The summed E-state index contributed by atoms with van der Waals surface area (Å²) in [5.74, 6) is 0. The van der Waals surface area contributed by atoms with E-state index in [2.05, 4.69) is 26.2 Å². The molecule has 0 spiro atoms. The summed E-state index contributed by atoms with van der Waals surface area (Å²) in [6, 6.07) is 7.19. The molecule has 0 radical (unpaired) electrons. The molecule has 0 aliphatic heterocycles. The van der Waals surface area contributed by atoms with Crippen LogP contribution < -0.4 is 5.32 Å². The Bertz CT molecular complexity index is 624. The van der Waals surface area contributed by atoms with Crippen molar-refractivity contribution in [1.82, 2.24) is 10.3 Å². The van der Waals surface area contributed by atoms with Gasteiger partial charge in [0.25, 0.3) is 0 Å². The Balaban J connectivity index is 2.55. The number of aryl methyl sites for hydroxylation is 1. The number of halogens is 4. The van der Waals surface area contributed by atoms with Gasteiger partial charge in [-0.25, -0.2) is 0 Å². The van der Waals surface area contributed by atoms with Gasteiger partial charge >= 0.3 is 6.18 Å². The third kappa shape index (κ3) is 3.63. The second-order valence-corrected chi connectivity index (χ2v) is 5.60. The summed E-state index contributed by atoms with van der Waals surface area (Å²) in [4.78, 5) is 4.15. The van der Waals surface area contributed by atoms with Crippen LogP contribution in [0, 0.1) is 6.92 Å². The summed E-state index contributed by atoms with van der Waals surface area (Å²) >= 11 is 3.09. The monoisotopic (exact) mass is 358 g/mol. The molecule has 112 valence electrons. The van der Waals surface area contributed by atoms with E-state index in [9.17, 15) is 13.2 Å². The third-order valence-corrected chi connectivity index (χ3v) is 3.68. The Morgan fingerprint density at radius 3 is 2.43 bits per heavy atom. The van der Waals surface area contributed by atoms with Crippen molar-refractivity contribution in [2.24, 2.45) is 0 Å². The largest absolute Gasteiger partial charge is 0.416 e. The normalized spacial score (nSPS) is 13.2. The van der Waals surface area contributed by atoms with Gasteiger partial charge < -0.3 is 5.32 Å². The van der Waals surface area contributed by atoms with Gasteiger partial charge in [-0.1, -0.05) is 28.1 Å². The summed E-state index contributed by atoms with van der Waals surface area (Å²) in [6.07, 6.45) is -2.81. The van der Waals surface area contributed by atoms with Crippen molar-refractivity contribution in [3.05, 3.63) is 63.4 Å². The standard InChI is InChI=1S/C15H14BrF3N2/c1-9-3-4-10(8-21-9)14(20-2)12-6-5-11(16)7-13(12)15(17,18)19/h3-8,14,20H,1-2H3. The average molecular weight is 359 g/mol. The highest BCUT2D eigenvalue weighted by Gasteiger charge is 2.35. The van der Waals surface area contributed by atoms with Gasteiger partial charge in [0.2, 0.25) is 0 Å². The number of rotatable bonds is 3. The van der Waals surface area contributed by atoms with E-state index in [0.717, 1.165) is 11.8 Å². The minimum atomic E-state index is -4.41. The zero-order valence-corrected chi connectivity index (χ0v) is 13.1. The van der Waals surface area contributed by atoms with E-state index in [4.69, 9.17) is 0 Å². The van der Waals surface area contributed by atoms with Gasteiger partial charge in [0.1, 0.15) is 0 Å². The molecule has 0 bridgehead atoms. The number of aromatic nitrogens is 1. The molecule has 0 amide bonds. The van der Waals surface area contributed by atoms with Gasteiger partial charge in [0.15, 0.2) is 0 Å². The Morgan fingerprint density at radius 2 is 1.90 bits per heavy atom. The Kier molecular flexibility index (Phi) is 4.68. The molecule has 21 heavy (non-hydrogen) atoms. The molecular formula is C15H14BrF3N2. The van der Waals surface area contributed by atoms with Crippen LogP contribution in [0.15, 0.2) is 41.0 Å². The molecule has 1 N–H and O–H groups in total. The van der Waals surface area contributed by atoms with Crippen molar-refractivity contribution in [1.29, 1.82) is 0 Å². The van der Waals surface area contributed by atoms with E-state index >= 15 is 0 Å². The topological polar surface area (TPSA) is 24.9 Å². The van der Waals surface area contributed by atoms with Gasteiger partial charge in [-0.05, 0) is 43.3 Å². The van der Waals surface area contributed by atoms with Crippen molar-refractivity contribution in [2.45, 2.75) is 19.1 Å². The highest BCUT2D eigenvalue weighted by molar-refractivity contribution is 9.10. The molecule has 1 aromatic heterocycles. The second-order valence-electron chi connectivity index (χ2n) is 4.68. The minimum Gasteiger partial charge on any atom is -0.309 e. The molecule has 6 heteroatoms. The number of alkyl halides is 3. The van der Waals surface area contributed by atoms with Crippen LogP contribution in [-0.2, 0) is 6.18 Å². The fourth-order valence-electron chi connectivity index (χ4n) is 2.18. The van der Waals surface area contributed by atoms with Crippen molar-refractivity contribution in [3.63, 3.8) is 0 Å². The maximum absolute atomic E-state index is 13.2. The summed E-state index contributed by atoms with van der Waals surface area (Å²) in [5, 5.41) is 2.93. The summed E-state index contributed by atoms with van der Waals surface area (Å²) in [5.41, 5.74) is 1.03. The third-order valence-electron chi connectivity index (χ3n) is 3.19. The van der Waals surface area contributed by atoms with Crippen LogP contribution in [0.25, 0.3) is 0 Å². The predicted octanol–water partition coefficient (Wildman–Crippen LogP) is 4.48. The van der Waals surface area contributed by atoms with Gasteiger partial charge in [0, 0.05) is 16.4 Å². The molecular weight excluding hydrogens is 345 g/mol. The fraction of sp³-hybridized carbons (Fsp3) is 0.267. The van der Waals surface area contributed by atoms with Gasteiger partial charge in [-0.15, -0.1) is 0 Å². The lowest BCUT2D eigenvalue weighted by molar-refractivity contribution is -0.138. The molecule has 2 rings (SSSR count). The van der Waals surface area contributed by atoms with E-state index in [0.29, 0.717) is 10.0 Å². The smallest absolute Gasteiger partial charge is 0.309 e. The van der Waals surface area contributed by atoms with E-state index in [1.165, 1.54) is 6.07 Å². The first-order valence-electron chi connectivity index (χ1n) is 6.29. The second kappa shape index (κ2) is 6.15. The highest BCUT2D eigenvalue weighted by Crippen LogP contribution is 2.37. The fourth-order valence-corrected chi connectivity index (χ4v) is 2.54. The SMILES string of the molecule is CNC(c1ccc(C)nc1)c1ccc(Br)cc1C(F)(F)F. The highest BCUT2D eigenvalue weighted by atomic mass is 79.9. The van der Waals surface area contributed by atoms with Crippen LogP contribution in [0.3, 0.4) is 0 Å². The lowest BCUT2D eigenvalue weighted by atomic mass is 9.95. The van der Waals surface area contributed by atoms with Crippen LogP contribution in [0.1, 0.15) is 28.4 Å². The van der Waals surface area contributed by atoms with Crippen molar-refractivity contribution < 1.29 is 13.2 Å². The molecule has 1 unspecified atom stereocenters. The minimum absolute atomic E-state index is 0.179. The molecule has 0 fully saturated rings. The first-order valence-corrected chi connectivity index (χ1v) is 7.08. The van der Waals surface area contributed by atoms with Gasteiger partial charge in [0.05, 0.1) is 11.6 Å². The van der Waals surface area contributed by atoms with E-state index in [1.54, 1.807) is 31.4 Å². The number of nitrogens with zero attached hydrogens (tertiary/aromatic N) is 1. The Morgan fingerprint density at radius 1 is 1.19 bits per heavy atom. The zero-order valence-electron chi connectivity index (χ0n) is 11.5. The maximum Gasteiger partial charge on any atom is 0.416 e. The number of hydrogen-bond acceptors (Lipinski definition) is 2. The number of nitrogens with one attached hydrogen (secondary N) is 1. The Hall–Kier alpha value is -1.40. The lowest BCUT2D eigenvalue weighted by Gasteiger charge is -2.22. The summed E-state index contributed by atoms with van der Waals surface area (Å²) < 4.78 is 40.1. The van der Waals surface area contributed by atoms with Crippen LogP contribution in [-0.4, -0.2) is 12.0 Å². The van der Waals surface area contributed by atoms with E-state index in [1.807, 2.05) is 6.92 Å². The van der Waals surface area contributed by atoms with Crippen molar-refractivity contribution in [2.75, 3.05) is 7.05 Å². The maximum atomic E-state index is 13.2. The molecule has 0 saturated heterocycles. The number of pyridine rings is 1. The predicted molar refractivity (Wildman–Crippen MR) is 79.0 cm³/mol. The zero-order chi connectivity index (χ0) is 15.6. The molecule has 2 nitrogen and oxygen atoms in total. The number of hydrogen-bond donors (Lipinski definition) is 1. The number of benzene rings is 1. The van der Waals surface area contributed by atoms with E-state index in [-0.39, 0.29) is 5.56 Å². The van der Waals surface area contributed by atoms with Crippen LogP contribution >= 0.6 is 15.9 Å². The van der Waals surface area contributed by atoms with Gasteiger partial charge in [-0.2, -0.15) is 13.2 Å². The lowest BCUT2D eigenvalue weighted by Crippen LogP contribution is -2.22. The summed E-state index contributed by atoms with van der Waals surface area (Å²) in [6.45, 7) is 1.83. The molecule has 2 aromatic rings. The van der Waals surface area contributed by atoms with Crippen LogP contribution in [0.2, 0.25) is 0 Å². The molecule has 0 aliphatic rings. The quantitative estimate of drug-likeness (QED) is 0.874. The summed E-state index contributed by atoms with van der Waals surface area (Å²) in [7, 11) is 1.63. The van der Waals surface area contributed by atoms with Crippen LogP contribution in [0.4, 0.5) is 13.2 Å². The molecule has 0 aliphatic carbocycles. The molecule has 1 heterocycles. The van der Waals surface area contributed by atoms with Crippen LogP contribution in [0.5, 0.6) is 0 Å². The average Bonchev–Trinajstić information content (AvgIpc) is 2.42. The van der Waals surface area contributed by atoms with Gasteiger partial charge in [-0.3, -0.25) is 4.98 Å². The first kappa shape index (κ1) is 16.0. The van der Waals surface area contributed by atoms with E-state index < -0.39 is 17.8 Å². The molecule has 1 aromatic carbocycles.